The average molecular weight is 512 g/mol. The number of hydrogen-bond acceptors (Lipinski definition) is 4. The van der Waals surface area contributed by atoms with Crippen molar-refractivity contribution in [2.75, 3.05) is 27.4 Å². The van der Waals surface area contributed by atoms with Crippen molar-refractivity contribution < 1.29 is 18.7 Å². The largest absolute Gasteiger partial charge is 0.495 e. The van der Waals surface area contributed by atoms with E-state index in [0.717, 1.165) is 28.9 Å². The van der Waals surface area contributed by atoms with E-state index >= 15 is 0 Å². The van der Waals surface area contributed by atoms with Gasteiger partial charge < -0.3 is 18.9 Å². The number of carbonyl (C=O) groups excluding carboxylic acids is 1. The van der Waals surface area contributed by atoms with Gasteiger partial charge in [0.2, 0.25) is 5.91 Å². The van der Waals surface area contributed by atoms with E-state index in [-0.39, 0.29) is 17.7 Å². The lowest BCUT2D eigenvalue weighted by Gasteiger charge is -2.46. The van der Waals surface area contributed by atoms with E-state index in [9.17, 15) is 9.18 Å². The van der Waals surface area contributed by atoms with E-state index in [1.165, 1.54) is 12.2 Å². The highest BCUT2D eigenvalue weighted by Crippen LogP contribution is 2.34. The molecule has 1 fully saturated rings. The molecule has 2 unspecified atom stereocenters. The maximum atomic E-state index is 13.7. The van der Waals surface area contributed by atoms with Gasteiger partial charge >= 0.3 is 0 Å². The van der Waals surface area contributed by atoms with Crippen LogP contribution in [-0.2, 0) is 9.53 Å². The first-order valence-corrected chi connectivity index (χ1v) is 12.9. The van der Waals surface area contributed by atoms with Crippen molar-refractivity contribution in [2.45, 2.75) is 59.9 Å². The van der Waals surface area contributed by atoms with Crippen molar-refractivity contribution in [3.8, 4) is 11.4 Å². The molecule has 0 saturated carbocycles. The highest BCUT2D eigenvalue weighted by Gasteiger charge is 2.41. The van der Waals surface area contributed by atoms with E-state index in [1.54, 1.807) is 33.5 Å². The molecule has 0 spiro atoms. The first kappa shape index (κ1) is 30.0. The number of hydrogen-bond donors (Lipinski definition) is 0. The number of likely N-dealkylation sites (tertiary alicyclic amines) is 1. The van der Waals surface area contributed by atoms with Gasteiger partial charge in [0, 0.05) is 25.4 Å². The number of methoxy groups -OCH3 is 2. The lowest BCUT2D eigenvalue weighted by atomic mass is 9.83. The van der Waals surface area contributed by atoms with Gasteiger partial charge in [-0.05, 0) is 69.4 Å². The van der Waals surface area contributed by atoms with Crippen molar-refractivity contribution in [1.29, 1.82) is 0 Å². The Morgan fingerprint density at radius 2 is 2.03 bits per heavy atom. The number of imidazole rings is 1. The van der Waals surface area contributed by atoms with Gasteiger partial charge in [0.1, 0.15) is 11.6 Å². The number of piperidine rings is 1. The monoisotopic (exact) mass is 511 g/mol. The van der Waals surface area contributed by atoms with Gasteiger partial charge in [-0.25, -0.2) is 9.37 Å². The molecule has 1 aliphatic rings. The summed E-state index contributed by atoms with van der Waals surface area (Å²) >= 11 is 0. The summed E-state index contributed by atoms with van der Waals surface area (Å²) in [7, 11) is 3.26. The molecule has 1 aromatic carbocycles. The number of allylic oxidation sites excluding steroid dienone is 3. The summed E-state index contributed by atoms with van der Waals surface area (Å²) in [6.07, 6.45) is 11.8. The third-order valence-corrected chi connectivity index (χ3v) is 6.74. The zero-order valence-corrected chi connectivity index (χ0v) is 23.5. The van der Waals surface area contributed by atoms with Crippen LogP contribution in [0, 0.1) is 12.8 Å². The zero-order chi connectivity index (χ0) is 27.6. The molecule has 0 N–H and O–H groups in total. The fraction of sp³-hybridized carbons (Fsp3) is 0.467. The highest BCUT2D eigenvalue weighted by molar-refractivity contribution is 5.99. The van der Waals surface area contributed by atoms with Crippen molar-refractivity contribution in [3.05, 3.63) is 71.6 Å². The van der Waals surface area contributed by atoms with Crippen LogP contribution in [0.2, 0.25) is 0 Å². The molecule has 6 nitrogen and oxygen atoms in total. The first-order valence-electron chi connectivity index (χ1n) is 12.9. The van der Waals surface area contributed by atoms with E-state index in [4.69, 9.17) is 9.47 Å². The molecule has 1 aliphatic heterocycles. The minimum Gasteiger partial charge on any atom is -0.495 e. The summed E-state index contributed by atoms with van der Waals surface area (Å²) in [6.45, 7) is 12.6. The van der Waals surface area contributed by atoms with Crippen LogP contribution in [0.1, 0.15) is 58.7 Å². The molecule has 0 bridgehead atoms. The second-order valence-electron chi connectivity index (χ2n) is 9.20. The second kappa shape index (κ2) is 13.9. The molecule has 2 atom stereocenters. The predicted molar refractivity (Wildman–Crippen MR) is 149 cm³/mol. The third kappa shape index (κ3) is 7.19. The quantitative estimate of drug-likeness (QED) is 0.278. The fourth-order valence-corrected chi connectivity index (χ4v) is 4.47. The summed E-state index contributed by atoms with van der Waals surface area (Å²) in [6, 6.07) is 5.88. The van der Waals surface area contributed by atoms with Crippen molar-refractivity contribution in [1.82, 2.24) is 14.5 Å². The normalized spacial score (nSPS) is 18.0. The maximum Gasteiger partial charge on any atom is 0.250 e. The molecule has 3 rings (SSSR count). The molecular weight excluding hydrogens is 469 g/mol. The lowest BCUT2D eigenvalue weighted by molar-refractivity contribution is -0.139. The van der Waals surface area contributed by atoms with Gasteiger partial charge in [-0.15, -0.1) is 0 Å². The van der Waals surface area contributed by atoms with Crippen LogP contribution < -0.4 is 4.74 Å². The number of rotatable bonds is 9. The van der Waals surface area contributed by atoms with Gasteiger partial charge in [-0.3, -0.25) is 4.79 Å². The van der Waals surface area contributed by atoms with Crippen LogP contribution in [-0.4, -0.2) is 53.3 Å². The molecule has 2 aromatic rings. The average Bonchev–Trinajstić information content (AvgIpc) is 3.35. The molecule has 1 amide bonds. The molecule has 7 heteroatoms. The smallest absolute Gasteiger partial charge is 0.250 e. The van der Waals surface area contributed by atoms with E-state index < -0.39 is 5.54 Å². The molecule has 1 saturated heterocycles. The van der Waals surface area contributed by atoms with Crippen LogP contribution in [0.25, 0.3) is 11.8 Å². The molecule has 1 aromatic heterocycles. The Morgan fingerprint density at radius 3 is 2.62 bits per heavy atom. The third-order valence-electron chi connectivity index (χ3n) is 6.74. The van der Waals surface area contributed by atoms with Gasteiger partial charge in [-0.2, -0.15) is 0 Å². The van der Waals surface area contributed by atoms with E-state index in [1.807, 2.05) is 74.6 Å². The first-order chi connectivity index (χ1) is 17.7. The summed E-state index contributed by atoms with van der Waals surface area (Å²) in [5.74, 6) is 0.265. The predicted octanol–water partition coefficient (Wildman–Crippen LogP) is 6.69. The fourth-order valence-electron chi connectivity index (χ4n) is 4.47. The van der Waals surface area contributed by atoms with Gasteiger partial charge in [-0.1, -0.05) is 39.0 Å². The number of aromatic nitrogens is 2. The molecule has 0 radical (unpaired) electrons. The van der Waals surface area contributed by atoms with Crippen molar-refractivity contribution in [2.24, 2.45) is 5.92 Å². The maximum absolute atomic E-state index is 13.7. The topological polar surface area (TPSA) is 56.6 Å². The van der Waals surface area contributed by atoms with E-state index in [2.05, 4.69) is 4.98 Å². The van der Waals surface area contributed by atoms with E-state index in [0.29, 0.717) is 25.3 Å². The van der Waals surface area contributed by atoms with Crippen LogP contribution in [0.5, 0.6) is 5.75 Å². The number of benzene rings is 1. The SMILES string of the molecule is C/C=C(F)\C=C/C(C)C(C)(COC)N1CCC/C(=C\c2ccc(-n3cnc(C)c3)c(OC)c2)C1=O.CC. The van der Waals surface area contributed by atoms with Crippen molar-refractivity contribution in [3.63, 3.8) is 0 Å². The highest BCUT2D eigenvalue weighted by atomic mass is 19.1. The summed E-state index contributed by atoms with van der Waals surface area (Å²) in [4.78, 5) is 19.8. The summed E-state index contributed by atoms with van der Waals surface area (Å²) in [5, 5.41) is 0. The summed E-state index contributed by atoms with van der Waals surface area (Å²) in [5.41, 5.74) is 2.82. The van der Waals surface area contributed by atoms with Gasteiger partial charge in [0.25, 0.3) is 0 Å². The number of aryl methyl sites for hydroxylation is 1. The van der Waals surface area contributed by atoms with Crippen LogP contribution in [0.4, 0.5) is 4.39 Å². The molecule has 202 valence electrons. The second-order valence-corrected chi connectivity index (χ2v) is 9.20. The Balaban J connectivity index is 0.00000235. The Hall–Kier alpha value is -3.19. The van der Waals surface area contributed by atoms with Crippen LogP contribution in [0.15, 0.2) is 60.4 Å². The Kier molecular flexibility index (Phi) is 11.3. The minimum absolute atomic E-state index is 0.0177. The molecule has 0 aliphatic carbocycles. The molecular formula is C30H42FN3O3. The minimum atomic E-state index is -0.614. The Morgan fingerprint density at radius 1 is 1.30 bits per heavy atom. The van der Waals surface area contributed by atoms with Crippen molar-refractivity contribution >= 4 is 12.0 Å². The Labute approximate surface area is 221 Å². The Bertz CT molecular complexity index is 1130. The zero-order valence-electron chi connectivity index (χ0n) is 23.5. The number of amides is 1. The number of nitrogens with zero attached hydrogens (tertiary/aromatic N) is 3. The lowest BCUT2D eigenvalue weighted by Crippen LogP contribution is -2.58. The molecule has 2 heterocycles. The van der Waals surface area contributed by atoms with Gasteiger partial charge in [0.15, 0.2) is 0 Å². The number of ether oxygens (including phenoxy) is 2. The van der Waals surface area contributed by atoms with Gasteiger partial charge in [0.05, 0.1) is 37.0 Å². The van der Waals surface area contributed by atoms with Crippen LogP contribution >= 0.6 is 0 Å². The molecule has 37 heavy (non-hydrogen) atoms. The van der Waals surface area contributed by atoms with Crippen LogP contribution in [0.3, 0.4) is 0 Å². The number of carbonyl (C=O) groups is 1. The standard InChI is InChI=1S/C28H36FN3O3.C2H6/c1-7-24(29)12-10-20(2)28(4,18-34-5)32-14-8-9-23(27(32)33)15-22-11-13-25(26(16-22)35-6)31-17-21(3)30-19-31;1-2/h7,10-13,15-17,19-20H,8-9,14,18H2,1-6H3;1-2H3/b12-10-,23-15+,24-7+;. The number of halogens is 1. The summed E-state index contributed by atoms with van der Waals surface area (Å²) < 4.78 is 26.8.